The van der Waals surface area contributed by atoms with Gasteiger partial charge in [0.25, 0.3) is 0 Å². The summed E-state index contributed by atoms with van der Waals surface area (Å²) in [5.41, 5.74) is 0. The predicted octanol–water partition coefficient (Wildman–Crippen LogP) is 3.51. The molecule has 0 aromatic heterocycles. The van der Waals surface area contributed by atoms with Crippen molar-refractivity contribution in [2.75, 3.05) is 13.7 Å². The van der Waals surface area contributed by atoms with Crippen molar-refractivity contribution >= 4 is 0 Å². The van der Waals surface area contributed by atoms with Crippen LogP contribution in [-0.2, 0) is 14.2 Å². The van der Waals surface area contributed by atoms with Crippen LogP contribution in [0.5, 0.6) is 0 Å². The van der Waals surface area contributed by atoms with Gasteiger partial charge in [-0.1, -0.05) is 0 Å². The second-order valence-electron chi connectivity index (χ2n) is 3.23. The number of hydrogen-bond acceptors (Lipinski definition) is 3. The van der Waals surface area contributed by atoms with E-state index in [-0.39, 0.29) is 0 Å². The summed E-state index contributed by atoms with van der Waals surface area (Å²) in [6.07, 6.45) is -23.6. The molecular weight excluding hydrogens is 322 g/mol. The van der Waals surface area contributed by atoms with Crippen LogP contribution in [0.4, 0.5) is 43.9 Å². The Morgan fingerprint density at radius 2 is 1.00 bits per heavy atom. The first kappa shape index (κ1) is 19.2. The minimum atomic E-state index is -6.07. The minimum Gasteiger partial charge on any atom is -0.384 e. The normalized spacial score (nSPS) is 15.0. The molecule has 0 bridgehead atoms. The Bertz CT molecular complexity index is 281. The average Bonchev–Trinajstić information content (AvgIpc) is 2.04. The summed E-state index contributed by atoms with van der Waals surface area (Å²) in [6.45, 7) is -1.90. The molecule has 0 fully saturated rings. The Hall–Kier alpha value is -0.820. The fraction of sp³-hybridized carbons (Fsp3) is 1.00. The van der Waals surface area contributed by atoms with Crippen molar-refractivity contribution < 1.29 is 58.1 Å². The molecule has 0 aromatic carbocycles. The maximum Gasteiger partial charge on any atom is 0.527 e. The molecule has 13 heteroatoms. The van der Waals surface area contributed by atoms with Crippen molar-refractivity contribution in [3.8, 4) is 0 Å². The summed E-state index contributed by atoms with van der Waals surface area (Å²) in [5, 5.41) is 0. The molecule has 0 aromatic rings. The summed E-state index contributed by atoms with van der Waals surface area (Å²) in [7, 11) is 0.500. The van der Waals surface area contributed by atoms with Gasteiger partial charge in [-0.3, -0.25) is 0 Å². The quantitative estimate of drug-likeness (QED) is 0.699. The number of halogens is 10. The molecule has 0 atom stereocenters. The standard InChI is InChI=1S/C7H6F10O3/c1-18-2-3(4(8,9)19-6(12,13)14)5(10,11)20-7(15,16)17/h3H,2H2,1H3. The van der Waals surface area contributed by atoms with Gasteiger partial charge in [0.15, 0.2) is 5.92 Å². The molecule has 0 unspecified atom stereocenters. The number of hydrogen-bond donors (Lipinski definition) is 0. The van der Waals surface area contributed by atoms with Crippen molar-refractivity contribution in [1.29, 1.82) is 0 Å². The van der Waals surface area contributed by atoms with E-state index in [4.69, 9.17) is 0 Å². The van der Waals surface area contributed by atoms with Crippen LogP contribution in [0, 0.1) is 5.92 Å². The van der Waals surface area contributed by atoms with E-state index < -0.39 is 37.5 Å². The van der Waals surface area contributed by atoms with Gasteiger partial charge < -0.3 is 4.74 Å². The maximum absolute atomic E-state index is 12.9. The number of methoxy groups -OCH3 is 1. The Morgan fingerprint density at radius 1 is 0.700 bits per heavy atom. The second-order valence-corrected chi connectivity index (χ2v) is 3.23. The Balaban J connectivity index is 5.31. The molecule has 0 saturated heterocycles. The van der Waals surface area contributed by atoms with Crippen LogP contribution >= 0.6 is 0 Å². The summed E-state index contributed by atoms with van der Waals surface area (Å²) >= 11 is 0. The van der Waals surface area contributed by atoms with Crippen molar-refractivity contribution in [1.82, 2.24) is 0 Å². The molecule has 20 heavy (non-hydrogen) atoms. The topological polar surface area (TPSA) is 27.7 Å². The van der Waals surface area contributed by atoms with E-state index in [0.717, 1.165) is 0 Å². The molecule has 0 spiro atoms. The van der Waals surface area contributed by atoms with Gasteiger partial charge >= 0.3 is 24.9 Å². The van der Waals surface area contributed by atoms with Gasteiger partial charge in [-0.25, -0.2) is 9.47 Å². The third-order valence-electron chi connectivity index (χ3n) is 1.65. The summed E-state index contributed by atoms with van der Waals surface area (Å²) < 4.78 is 129. The Morgan fingerprint density at radius 3 is 1.20 bits per heavy atom. The average molecular weight is 328 g/mol. The van der Waals surface area contributed by atoms with Gasteiger partial charge in [0.1, 0.15) is 0 Å². The summed E-state index contributed by atoms with van der Waals surface area (Å²) in [4.78, 5) is 0. The fourth-order valence-electron chi connectivity index (χ4n) is 1.01. The highest BCUT2D eigenvalue weighted by atomic mass is 19.4. The predicted molar refractivity (Wildman–Crippen MR) is 39.5 cm³/mol. The van der Waals surface area contributed by atoms with E-state index in [1.54, 1.807) is 0 Å². The van der Waals surface area contributed by atoms with Gasteiger partial charge in [0.2, 0.25) is 0 Å². The first-order valence-electron chi connectivity index (χ1n) is 4.39. The SMILES string of the molecule is COCC(C(F)(F)OC(F)(F)F)C(F)(F)OC(F)(F)F. The molecule has 122 valence electrons. The van der Waals surface area contributed by atoms with Gasteiger partial charge in [-0.15, -0.1) is 26.3 Å². The minimum absolute atomic E-state index is 0.500. The highest BCUT2D eigenvalue weighted by Crippen LogP contribution is 2.44. The van der Waals surface area contributed by atoms with E-state index in [1.165, 1.54) is 0 Å². The van der Waals surface area contributed by atoms with Gasteiger partial charge in [0, 0.05) is 7.11 Å². The monoisotopic (exact) mass is 328 g/mol. The Labute approximate surface area is 104 Å². The van der Waals surface area contributed by atoms with Crippen molar-refractivity contribution in [2.45, 2.75) is 24.9 Å². The van der Waals surface area contributed by atoms with E-state index in [2.05, 4.69) is 14.2 Å². The lowest BCUT2D eigenvalue weighted by Gasteiger charge is -2.32. The summed E-state index contributed by atoms with van der Waals surface area (Å²) in [6, 6.07) is 0. The highest BCUT2D eigenvalue weighted by molar-refractivity contribution is 4.78. The molecule has 0 amide bonds. The molecule has 3 nitrogen and oxygen atoms in total. The largest absolute Gasteiger partial charge is 0.527 e. The second kappa shape index (κ2) is 5.89. The molecule has 0 radical (unpaired) electrons. The van der Waals surface area contributed by atoms with Crippen LogP contribution in [0.1, 0.15) is 0 Å². The van der Waals surface area contributed by atoms with Crippen LogP contribution in [0.15, 0.2) is 0 Å². The third kappa shape index (κ3) is 6.56. The van der Waals surface area contributed by atoms with Crippen LogP contribution in [0.25, 0.3) is 0 Å². The van der Waals surface area contributed by atoms with Gasteiger partial charge in [-0.2, -0.15) is 17.6 Å². The maximum atomic E-state index is 12.9. The van der Waals surface area contributed by atoms with Crippen LogP contribution in [0.2, 0.25) is 0 Å². The zero-order valence-corrected chi connectivity index (χ0v) is 9.29. The van der Waals surface area contributed by atoms with Crippen LogP contribution < -0.4 is 0 Å². The molecule has 0 aliphatic heterocycles. The first-order chi connectivity index (χ1) is 8.61. The van der Waals surface area contributed by atoms with E-state index in [9.17, 15) is 43.9 Å². The summed E-state index contributed by atoms with van der Waals surface area (Å²) in [5.74, 6) is -3.98. The van der Waals surface area contributed by atoms with Gasteiger partial charge in [-0.05, 0) is 0 Å². The van der Waals surface area contributed by atoms with Crippen molar-refractivity contribution in [3.63, 3.8) is 0 Å². The van der Waals surface area contributed by atoms with Crippen LogP contribution in [0.3, 0.4) is 0 Å². The van der Waals surface area contributed by atoms with E-state index in [1.807, 2.05) is 0 Å². The van der Waals surface area contributed by atoms with Gasteiger partial charge in [0.05, 0.1) is 6.61 Å². The van der Waals surface area contributed by atoms with E-state index in [0.29, 0.717) is 7.11 Å². The third-order valence-corrected chi connectivity index (χ3v) is 1.65. The van der Waals surface area contributed by atoms with E-state index >= 15 is 0 Å². The lowest BCUT2D eigenvalue weighted by atomic mass is 10.1. The zero-order chi connectivity index (χ0) is 16.4. The molecule has 0 saturated carbocycles. The molecule has 0 N–H and O–H groups in total. The van der Waals surface area contributed by atoms with Crippen molar-refractivity contribution in [2.24, 2.45) is 5.92 Å². The smallest absolute Gasteiger partial charge is 0.384 e. The number of alkyl halides is 10. The Kier molecular flexibility index (Phi) is 5.65. The first-order valence-corrected chi connectivity index (χ1v) is 4.39. The molecule has 0 rings (SSSR count). The molecule has 0 aliphatic carbocycles. The van der Waals surface area contributed by atoms with Crippen LogP contribution in [-0.4, -0.2) is 38.7 Å². The lowest BCUT2D eigenvalue weighted by Crippen LogP contribution is -2.51. The number of rotatable bonds is 6. The molecule has 0 heterocycles. The fourth-order valence-corrected chi connectivity index (χ4v) is 1.01. The number of ether oxygens (including phenoxy) is 3. The highest BCUT2D eigenvalue weighted by Gasteiger charge is 2.64. The molecule has 0 aliphatic rings. The zero-order valence-electron chi connectivity index (χ0n) is 9.29. The molecular formula is C7H6F10O3. The lowest BCUT2D eigenvalue weighted by molar-refractivity contribution is -0.492. The van der Waals surface area contributed by atoms with Crippen molar-refractivity contribution in [3.05, 3.63) is 0 Å².